The number of hydrogen-bond acceptors (Lipinski definition) is 0. The van der Waals surface area contributed by atoms with Crippen LogP contribution in [0.25, 0.3) is 22.6 Å². The van der Waals surface area contributed by atoms with E-state index in [4.69, 9.17) is 0 Å². The predicted molar refractivity (Wildman–Crippen MR) is 97.5 cm³/mol. The second-order valence-corrected chi connectivity index (χ2v) is 6.55. The van der Waals surface area contributed by atoms with Gasteiger partial charge in [0.15, 0.2) is 0 Å². The summed E-state index contributed by atoms with van der Waals surface area (Å²) < 4.78 is 6.69. The highest BCUT2D eigenvalue weighted by molar-refractivity contribution is 5.66. The van der Waals surface area contributed by atoms with Crippen LogP contribution in [0.1, 0.15) is 16.7 Å². The highest BCUT2D eigenvalue weighted by Gasteiger charge is 2.23. The normalized spacial score (nSPS) is 11.3. The van der Waals surface area contributed by atoms with E-state index < -0.39 is 0 Å². The first-order valence-corrected chi connectivity index (χ1v) is 8.27. The van der Waals surface area contributed by atoms with E-state index >= 15 is 0 Å². The maximum atomic E-state index is 2.31. The van der Waals surface area contributed by atoms with Gasteiger partial charge in [0.1, 0.15) is 18.1 Å². The van der Waals surface area contributed by atoms with Crippen molar-refractivity contribution in [2.75, 3.05) is 0 Å². The van der Waals surface area contributed by atoms with Gasteiger partial charge in [0, 0.05) is 17.9 Å². The molecular formula is C21H22N3+. The van der Waals surface area contributed by atoms with E-state index in [0.717, 1.165) is 0 Å². The van der Waals surface area contributed by atoms with E-state index in [2.05, 4.69) is 103 Å². The average Bonchev–Trinajstić information content (AvgIpc) is 3.13. The van der Waals surface area contributed by atoms with E-state index in [-0.39, 0.29) is 0 Å². The molecule has 0 amide bonds. The Labute approximate surface area is 142 Å². The van der Waals surface area contributed by atoms with Crippen molar-refractivity contribution in [1.82, 2.24) is 8.97 Å². The molecule has 1 aromatic carbocycles. The average molecular weight is 316 g/mol. The number of hydrogen-bond donors (Lipinski definition) is 0. The molecule has 3 aromatic heterocycles. The lowest BCUT2D eigenvalue weighted by molar-refractivity contribution is -0.659. The number of fused-ring (bicyclic) bond motifs is 1. The molecule has 0 aliphatic carbocycles. The molecule has 0 atom stereocenters. The summed E-state index contributed by atoms with van der Waals surface area (Å²) in [6, 6.07) is 12.9. The smallest absolute Gasteiger partial charge is 0.295 e. The van der Waals surface area contributed by atoms with Crippen molar-refractivity contribution in [3.05, 3.63) is 77.9 Å². The van der Waals surface area contributed by atoms with E-state index in [1.54, 1.807) is 0 Å². The first kappa shape index (κ1) is 14.8. The molecule has 0 aliphatic heterocycles. The topological polar surface area (TPSA) is 13.2 Å². The minimum Gasteiger partial charge on any atom is -0.323 e. The van der Waals surface area contributed by atoms with Gasteiger partial charge in [-0.3, -0.25) is 0 Å². The Bertz CT molecular complexity index is 1030. The van der Waals surface area contributed by atoms with Gasteiger partial charge in [0.25, 0.3) is 5.82 Å². The minimum atomic E-state index is 1.19. The van der Waals surface area contributed by atoms with Crippen LogP contribution >= 0.6 is 0 Å². The molecule has 3 heterocycles. The third-order valence-corrected chi connectivity index (χ3v) is 4.79. The summed E-state index contributed by atoms with van der Waals surface area (Å²) >= 11 is 0. The van der Waals surface area contributed by atoms with Crippen molar-refractivity contribution >= 4 is 5.52 Å². The summed E-state index contributed by atoms with van der Waals surface area (Å²) in [6.07, 6.45) is 8.61. The third-order valence-electron chi connectivity index (χ3n) is 4.79. The Hall–Kier alpha value is -2.81. The Morgan fingerprint density at radius 1 is 0.875 bits per heavy atom. The minimum absolute atomic E-state index is 1.19. The van der Waals surface area contributed by atoms with Gasteiger partial charge in [-0.15, -0.1) is 0 Å². The molecule has 3 nitrogen and oxygen atoms in total. The molecule has 3 heteroatoms. The zero-order valence-electron chi connectivity index (χ0n) is 14.6. The molecule has 0 radical (unpaired) electrons. The van der Waals surface area contributed by atoms with Gasteiger partial charge in [0.05, 0.1) is 12.6 Å². The van der Waals surface area contributed by atoms with Gasteiger partial charge >= 0.3 is 0 Å². The number of rotatable bonds is 2. The van der Waals surface area contributed by atoms with Crippen molar-refractivity contribution in [2.24, 2.45) is 7.05 Å². The SMILES string of the molecule is Cc1cc2cccn2cc1-c1n(-c2c(C)cccc2C)cc[n+]1C. The van der Waals surface area contributed by atoms with Gasteiger partial charge in [-0.25, -0.2) is 4.57 Å². The molecule has 4 aromatic rings. The molecule has 24 heavy (non-hydrogen) atoms. The summed E-state index contributed by atoms with van der Waals surface area (Å²) in [6.45, 7) is 6.53. The molecule has 0 saturated heterocycles. The van der Waals surface area contributed by atoms with Crippen LogP contribution in [-0.4, -0.2) is 8.97 Å². The van der Waals surface area contributed by atoms with Crippen LogP contribution in [0.5, 0.6) is 0 Å². The number of aryl methyl sites for hydroxylation is 4. The molecule has 0 fully saturated rings. The van der Waals surface area contributed by atoms with E-state index in [1.807, 2.05) is 0 Å². The second-order valence-electron chi connectivity index (χ2n) is 6.55. The maximum absolute atomic E-state index is 2.31. The molecule has 0 aliphatic rings. The summed E-state index contributed by atoms with van der Waals surface area (Å²) in [7, 11) is 2.11. The van der Waals surface area contributed by atoms with Crippen molar-refractivity contribution < 1.29 is 4.57 Å². The van der Waals surface area contributed by atoms with E-state index in [9.17, 15) is 0 Å². The number of para-hydroxylation sites is 1. The molecular weight excluding hydrogens is 294 g/mol. The molecule has 0 spiro atoms. The van der Waals surface area contributed by atoms with Crippen molar-refractivity contribution in [3.8, 4) is 17.1 Å². The number of imidazole rings is 1. The maximum Gasteiger partial charge on any atom is 0.295 e. The Balaban J connectivity index is 2.02. The molecule has 0 unspecified atom stereocenters. The van der Waals surface area contributed by atoms with Gasteiger partial charge in [-0.2, -0.15) is 4.57 Å². The van der Waals surface area contributed by atoms with Crippen LogP contribution in [0.2, 0.25) is 0 Å². The van der Waals surface area contributed by atoms with Gasteiger partial charge in [0.2, 0.25) is 0 Å². The highest BCUT2D eigenvalue weighted by Crippen LogP contribution is 2.27. The Kier molecular flexibility index (Phi) is 3.31. The number of aromatic nitrogens is 3. The first-order valence-electron chi connectivity index (χ1n) is 8.27. The second kappa shape index (κ2) is 5.38. The zero-order chi connectivity index (χ0) is 16.8. The quantitative estimate of drug-likeness (QED) is 0.493. The van der Waals surface area contributed by atoms with Crippen LogP contribution in [0, 0.1) is 20.8 Å². The Morgan fingerprint density at radius 3 is 2.38 bits per heavy atom. The standard InChI is InChI=1S/C21H22N3/c1-15-7-5-8-16(2)20(15)24-12-11-22(4)21(24)19-14-23-10-6-9-18(23)13-17(19)3/h5-14H,1-4H3/q+1. The van der Waals surface area contributed by atoms with Crippen LogP contribution in [0.3, 0.4) is 0 Å². The van der Waals surface area contributed by atoms with Crippen LogP contribution in [0.4, 0.5) is 0 Å². The Morgan fingerprint density at radius 2 is 1.62 bits per heavy atom. The van der Waals surface area contributed by atoms with E-state index in [0.29, 0.717) is 0 Å². The van der Waals surface area contributed by atoms with Crippen LogP contribution in [-0.2, 0) is 7.05 Å². The van der Waals surface area contributed by atoms with Crippen molar-refractivity contribution in [2.45, 2.75) is 20.8 Å². The molecule has 4 rings (SSSR count). The largest absolute Gasteiger partial charge is 0.323 e. The fraction of sp³-hybridized carbons (Fsp3) is 0.190. The molecule has 0 saturated carbocycles. The lowest BCUT2D eigenvalue weighted by Crippen LogP contribution is -2.29. The summed E-state index contributed by atoms with van der Waals surface area (Å²) in [5.74, 6) is 1.19. The highest BCUT2D eigenvalue weighted by atomic mass is 15.1. The van der Waals surface area contributed by atoms with Gasteiger partial charge < -0.3 is 4.40 Å². The van der Waals surface area contributed by atoms with Crippen LogP contribution < -0.4 is 4.57 Å². The fourth-order valence-electron chi connectivity index (χ4n) is 3.58. The monoisotopic (exact) mass is 316 g/mol. The summed E-state index contributed by atoms with van der Waals surface area (Å²) in [5, 5.41) is 0. The predicted octanol–water partition coefficient (Wildman–Crippen LogP) is 4.15. The van der Waals surface area contributed by atoms with Crippen molar-refractivity contribution in [3.63, 3.8) is 0 Å². The third kappa shape index (κ3) is 2.16. The van der Waals surface area contributed by atoms with E-state index in [1.165, 1.54) is 39.3 Å². The van der Waals surface area contributed by atoms with Gasteiger partial charge in [-0.05, 0) is 55.7 Å². The molecule has 0 N–H and O–H groups in total. The molecule has 0 bridgehead atoms. The van der Waals surface area contributed by atoms with Crippen molar-refractivity contribution in [1.29, 1.82) is 0 Å². The van der Waals surface area contributed by atoms with Crippen LogP contribution in [0.15, 0.2) is 61.2 Å². The number of pyridine rings is 1. The lowest BCUT2D eigenvalue weighted by Gasteiger charge is -2.11. The first-order chi connectivity index (χ1) is 11.6. The van der Waals surface area contributed by atoms with Gasteiger partial charge in [-0.1, -0.05) is 18.2 Å². The molecule has 120 valence electrons. The zero-order valence-corrected chi connectivity index (χ0v) is 14.6. The summed E-state index contributed by atoms with van der Waals surface area (Å²) in [4.78, 5) is 0. The summed E-state index contributed by atoms with van der Waals surface area (Å²) in [5.41, 5.74) is 7.58. The lowest BCUT2D eigenvalue weighted by atomic mass is 10.1. The fourth-order valence-corrected chi connectivity index (χ4v) is 3.58. The number of nitrogens with zero attached hydrogens (tertiary/aromatic N) is 3. The number of benzene rings is 1.